The Morgan fingerprint density at radius 3 is 2.40 bits per heavy atom. The number of amides is 9. The molecule has 92 heavy (non-hydrogen) atoms. The highest BCUT2D eigenvalue weighted by Gasteiger charge is 2.62. The van der Waals surface area contributed by atoms with E-state index in [0.29, 0.717) is 36.3 Å². The Hall–Kier alpha value is -7.94. The fourth-order valence-electron chi connectivity index (χ4n) is 11.5. The second kappa shape index (κ2) is 32.1. The van der Waals surface area contributed by atoms with Crippen molar-refractivity contribution in [2.75, 3.05) is 84.6 Å². The summed E-state index contributed by atoms with van der Waals surface area (Å²) in [5.74, 6) is -3.67. The molecule has 4 bridgehead atoms. The molecule has 4 N–H and O–H groups in total. The first-order valence-corrected chi connectivity index (χ1v) is 32.0. The SMILES string of the molecule is COc1cc2cc(c1Cl)N(C)C(=O)C[C@H](OC(=O)[C@H](C)N(C)C(=O)CCSC(=O)N(C)CCN(C)C(=O)OCc1ccc(NC(=O)OC3/C=C/CCCCC3)c(C(=O)NCCN3C(=O)C=CC3=O)c1)C1(C)C[C@H]1[C@H](C)[C@@H]1C[C@@](O)(NC(=O)O1)[C@H](OC)/C=C/C=C(\C)C2. The highest BCUT2D eigenvalue weighted by atomic mass is 35.5. The van der Waals surface area contributed by atoms with Crippen LogP contribution < -0.4 is 25.6 Å². The lowest BCUT2D eigenvalue weighted by atomic mass is 9.83. The third kappa shape index (κ3) is 18.4. The zero-order chi connectivity index (χ0) is 67.2. The Balaban J connectivity index is 0.927. The van der Waals surface area contributed by atoms with Crippen molar-refractivity contribution >= 4 is 93.8 Å². The van der Waals surface area contributed by atoms with E-state index in [-0.39, 0.29) is 80.0 Å². The number of likely N-dealkylation sites (N-methyl/N-ethyl adjacent to an activating group) is 3. The number of thioether (sulfide) groups is 1. The maximum atomic E-state index is 14.5. The molecule has 0 aromatic heterocycles. The van der Waals surface area contributed by atoms with Crippen LogP contribution in [-0.2, 0) is 60.7 Å². The number of benzene rings is 2. The minimum absolute atomic E-state index is 0.000399. The average molecular weight is 1320 g/mol. The van der Waals surface area contributed by atoms with Crippen molar-refractivity contribution < 1.29 is 81.5 Å². The summed E-state index contributed by atoms with van der Waals surface area (Å²) in [4.78, 5) is 139. The molecule has 2 aromatic carbocycles. The number of ether oxygens (including phenoxy) is 6. The molecule has 2 fully saturated rings. The van der Waals surface area contributed by atoms with Crippen molar-refractivity contribution in [2.45, 2.75) is 135 Å². The molecule has 2 aromatic rings. The van der Waals surface area contributed by atoms with Gasteiger partial charge in [0.25, 0.3) is 23.0 Å². The number of fused-ring (bicyclic) bond motifs is 5. The lowest BCUT2D eigenvalue weighted by Gasteiger charge is -2.42. The zero-order valence-corrected chi connectivity index (χ0v) is 55.4. The Morgan fingerprint density at radius 2 is 1.68 bits per heavy atom. The molecular weight excluding hydrogens is 1230 g/mol. The van der Waals surface area contributed by atoms with Gasteiger partial charge in [-0.3, -0.25) is 44.3 Å². The number of alkyl carbamates (subject to hydrolysis) is 1. The van der Waals surface area contributed by atoms with Crippen molar-refractivity contribution in [1.82, 2.24) is 30.2 Å². The first-order valence-electron chi connectivity index (χ1n) is 30.7. The molecule has 25 nitrogen and oxygen atoms in total. The first-order chi connectivity index (χ1) is 43.7. The van der Waals surface area contributed by atoms with E-state index >= 15 is 0 Å². The van der Waals surface area contributed by atoms with Crippen molar-refractivity contribution in [2.24, 2.45) is 17.3 Å². The fourth-order valence-corrected chi connectivity index (χ4v) is 12.6. The van der Waals surface area contributed by atoms with Crippen molar-refractivity contribution in [1.29, 1.82) is 0 Å². The van der Waals surface area contributed by atoms with Crippen LogP contribution in [0.25, 0.3) is 0 Å². The number of hydrogen-bond acceptors (Lipinski definition) is 18. The van der Waals surface area contributed by atoms with Gasteiger partial charge >= 0.3 is 24.2 Å². The zero-order valence-electron chi connectivity index (χ0n) is 53.8. The van der Waals surface area contributed by atoms with Crippen LogP contribution in [0.5, 0.6) is 5.75 Å². The lowest BCUT2D eigenvalue weighted by Crippen LogP contribution is -2.63. The second-order valence-corrected chi connectivity index (χ2v) is 25.6. The van der Waals surface area contributed by atoms with E-state index in [1.54, 1.807) is 37.4 Å². The van der Waals surface area contributed by atoms with E-state index in [1.807, 2.05) is 39.0 Å². The van der Waals surface area contributed by atoms with Crippen LogP contribution in [0, 0.1) is 17.3 Å². The van der Waals surface area contributed by atoms with E-state index < -0.39 is 107 Å². The van der Waals surface area contributed by atoms with Gasteiger partial charge in [-0.05, 0) is 106 Å². The van der Waals surface area contributed by atoms with Crippen LogP contribution >= 0.6 is 23.4 Å². The number of anilines is 2. The Kier molecular flexibility index (Phi) is 24.9. The summed E-state index contributed by atoms with van der Waals surface area (Å²) in [5.41, 5.74) is -0.181. The molecule has 9 amide bonds. The van der Waals surface area contributed by atoms with Gasteiger partial charge in [-0.1, -0.05) is 79.6 Å². The number of hydrogen-bond donors (Lipinski definition) is 4. The molecule has 27 heteroatoms. The Labute approximate surface area is 545 Å². The number of carbonyl (C=O) groups is 10. The van der Waals surface area contributed by atoms with E-state index in [9.17, 15) is 53.1 Å². The smallest absolute Gasteiger partial charge is 0.412 e. The Bertz CT molecular complexity index is 3230. The normalized spacial score (nSPS) is 25.6. The summed E-state index contributed by atoms with van der Waals surface area (Å²) in [6, 6.07) is 6.88. The van der Waals surface area contributed by atoms with Gasteiger partial charge in [0.1, 0.15) is 47.8 Å². The fraction of sp³-hybridized carbons (Fsp3) is 0.538. The van der Waals surface area contributed by atoms with E-state index in [4.69, 9.17) is 40.0 Å². The van der Waals surface area contributed by atoms with E-state index in [1.165, 1.54) is 74.0 Å². The molecule has 7 rings (SSSR count). The minimum Gasteiger partial charge on any atom is -0.495 e. The van der Waals surface area contributed by atoms with Gasteiger partial charge in [0.15, 0.2) is 5.72 Å². The van der Waals surface area contributed by atoms with Crippen LogP contribution in [0.1, 0.15) is 107 Å². The van der Waals surface area contributed by atoms with Crippen LogP contribution in [-0.4, -0.2) is 194 Å². The molecule has 1 saturated carbocycles. The van der Waals surface area contributed by atoms with Gasteiger partial charge in [0.05, 0.1) is 30.5 Å². The maximum absolute atomic E-state index is 14.5. The Morgan fingerprint density at radius 1 is 0.957 bits per heavy atom. The number of nitrogens with zero attached hydrogens (tertiary/aromatic N) is 5. The highest BCUT2D eigenvalue weighted by Crippen LogP contribution is 2.61. The number of nitrogens with one attached hydrogen (secondary N) is 3. The third-order valence-corrected chi connectivity index (χ3v) is 18.9. The predicted molar refractivity (Wildman–Crippen MR) is 343 cm³/mol. The summed E-state index contributed by atoms with van der Waals surface area (Å²) in [6.07, 6.45) is 10.5. The first kappa shape index (κ1) is 71.5. The van der Waals surface area contributed by atoms with Crippen molar-refractivity contribution in [3.05, 3.63) is 100 Å². The highest BCUT2D eigenvalue weighted by molar-refractivity contribution is 8.13. The monoisotopic (exact) mass is 1320 g/mol. The molecule has 500 valence electrons. The number of esters is 1. The number of aliphatic hydroxyl groups is 1. The van der Waals surface area contributed by atoms with Gasteiger partial charge in [0.2, 0.25) is 11.8 Å². The summed E-state index contributed by atoms with van der Waals surface area (Å²) in [7, 11) is 8.92. The number of rotatable bonds is 19. The molecule has 5 aliphatic rings. The molecular formula is C65H85ClN8O17S. The molecule has 9 atom stereocenters. The van der Waals surface area contributed by atoms with Crippen molar-refractivity contribution in [3.63, 3.8) is 0 Å². The van der Waals surface area contributed by atoms with Gasteiger partial charge in [0, 0.05) is 97.6 Å². The van der Waals surface area contributed by atoms with Gasteiger partial charge in [-0.15, -0.1) is 0 Å². The number of imide groups is 1. The lowest BCUT2D eigenvalue weighted by molar-refractivity contribution is -0.163. The molecule has 0 spiro atoms. The summed E-state index contributed by atoms with van der Waals surface area (Å²) < 4.78 is 34.6. The number of allylic oxidation sites excluding steroid dienone is 4. The van der Waals surface area contributed by atoms with Gasteiger partial charge < -0.3 is 58.4 Å². The average Bonchev–Trinajstić information content (AvgIpc) is 1.56. The molecule has 3 heterocycles. The number of halogens is 1. The standard InChI is InChI=1S/C65H85ClN8O17S/c1-39-17-16-20-51(87-10)65(85)37-50(90-61(82)69-65)40(2)46-36-64(46,4)52(35-56(78)73(8)48-33-43(31-39)34-49(86-9)57(48)66)91-59(80)41(3)72(7)53(75)25-30-92-63(84)71(6)29-28-70(5)62(83)88-38-42-21-22-47(68-60(81)89-44-18-14-12-11-13-15-19-44)45(32-42)58(79)67-26-27-74-54(76)23-24-55(74)77/h14,16-18,20-24,32-34,40-41,44,46,50-52,85H,11-13,15,19,25-31,35-38H2,1-10H3,(H,67,79)(H,68,81)(H,69,82)/b18-14+,20-16+,39-17+/t40-,41-,44?,46-,50-,51+,52-,64?,65-/m0/s1. The predicted octanol–water partition coefficient (Wildman–Crippen LogP) is 7.92. The van der Waals surface area contributed by atoms with Crippen LogP contribution in [0.4, 0.5) is 30.6 Å². The number of methoxy groups -OCH3 is 2. The molecule has 2 aliphatic carbocycles. The van der Waals surface area contributed by atoms with E-state index in [0.717, 1.165) is 65.6 Å². The summed E-state index contributed by atoms with van der Waals surface area (Å²) >= 11 is 7.73. The molecule has 3 aliphatic heterocycles. The largest absolute Gasteiger partial charge is 0.495 e. The third-order valence-electron chi connectivity index (χ3n) is 17.6. The topological polar surface area (TPSA) is 299 Å². The minimum atomic E-state index is -1.85. The summed E-state index contributed by atoms with van der Waals surface area (Å²) in [6.45, 7) is 6.82. The molecule has 2 unspecified atom stereocenters. The molecule has 0 radical (unpaired) electrons. The van der Waals surface area contributed by atoms with Gasteiger partial charge in [-0.25, -0.2) is 19.2 Å². The van der Waals surface area contributed by atoms with Crippen LogP contribution in [0.2, 0.25) is 5.02 Å². The van der Waals surface area contributed by atoms with Crippen LogP contribution in [0.3, 0.4) is 0 Å². The van der Waals surface area contributed by atoms with E-state index in [2.05, 4.69) is 16.0 Å². The maximum Gasteiger partial charge on any atom is 0.412 e. The van der Waals surface area contributed by atoms with Gasteiger partial charge in [-0.2, -0.15) is 0 Å². The summed E-state index contributed by atoms with van der Waals surface area (Å²) in [5, 5.41) is 19.6. The second-order valence-electron chi connectivity index (χ2n) is 24.2. The quantitative estimate of drug-likeness (QED) is 0.0449. The molecule has 1 saturated heterocycles. The van der Waals surface area contributed by atoms with Crippen molar-refractivity contribution in [3.8, 4) is 5.75 Å². The van der Waals surface area contributed by atoms with Crippen LogP contribution in [0.15, 0.2) is 78.4 Å². The number of carbonyl (C=O) groups excluding carboxylic acids is 10.